The van der Waals surface area contributed by atoms with Crippen LogP contribution >= 0.6 is 9.47 Å². The number of ether oxygens (including phenoxy) is 1. The Bertz CT molecular complexity index is 1350. The van der Waals surface area contributed by atoms with Crippen LogP contribution in [0.3, 0.4) is 0 Å². The van der Waals surface area contributed by atoms with Gasteiger partial charge in [0.25, 0.3) is 0 Å². The molecule has 0 aromatic heterocycles. The summed E-state index contributed by atoms with van der Waals surface area (Å²) in [5.41, 5.74) is 7.84. The number of benzene rings is 3. The average molecular weight is 651 g/mol. The second-order valence-electron chi connectivity index (χ2n) is 18.8. The third-order valence-electron chi connectivity index (χ3n) is 8.20. The maximum Gasteiger partial charge on any atom is 0.131 e. The van der Waals surface area contributed by atoms with Crippen molar-refractivity contribution in [3.8, 4) is 17.2 Å². The van der Waals surface area contributed by atoms with Crippen LogP contribution in [-0.2, 0) is 32.5 Å². The Kier molecular flexibility index (Phi) is 13.4. The van der Waals surface area contributed by atoms with Crippen molar-refractivity contribution >= 4 is 9.47 Å². The molecule has 46 heavy (non-hydrogen) atoms. The molecule has 0 heterocycles. The van der Waals surface area contributed by atoms with Gasteiger partial charge in [0.1, 0.15) is 17.2 Å². The molecule has 0 amide bonds. The molecule has 258 valence electrons. The van der Waals surface area contributed by atoms with Gasteiger partial charge in [-0.1, -0.05) is 161 Å². The zero-order chi connectivity index (χ0) is 36.3. The summed E-state index contributed by atoms with van der Waals surface area (Å²) in [6.45, 7) is 40.0. The predicted octanol–water partition coefficient (Wildman–Crippen LogP) is 12.4. The molecule has 0 aliphatic rings. The van der Waals surface area contributed by atoms with Gasteiger partial charge in [-0.3, -0.25) is 0 Å². The van der Waals surface area contributed by atoms with E-state index >= 15 is 0 Å². The quantitative estimate of drug-likeness (QED) is 0.271. The molecule has 0 spiro atoms. The predicted molar refractivity (Wildman–Crippen MR) is 205 cm³/mol. The Hall–Kier alpha value is -2.35. The highest BCUT2D eigenvalue weighted by Gasteiger charge is 2.27. The molecule has 0 aliphatic heterocycles. The molecule has 0 radical (unpaired) electrons. The van der Waals surface area contributed by atoms with Gasteiger partial charge < -0.3 is 14.7 Å². The second-order valence-corrected chi connectivity index (χ2v) is 18.8. The first-order chi connectivity index (χ1) is 20.5. The first-order valence-corrected chi connectivity index (χ1v) is 17.1. The summed E-state index contributed by atoms with van der Waals surface area (Å²) >= 11 is 0. The van der Waals surface area contributed by atoms with Gasteiger partial charge >= 0.3 is 0 Å². The van der Waals surface area contributed by atoms with E-state index in [1.807, 2.05) is 6.07 Å². The molecule has 0 saturated heterocycles. The summed E-state index contributed by atoms with van der Waals surface area (Å²) < 4.78 is 6.63. The average Bonchev–Trinajstić information content (AvgIpc) is 2.87. The van der Waals surface area contributed by atoms with Gasteiger partial charge in [-0.25, -0.2) is 0 Å². The topological polar surface area (TPSA) is 49.7 Å². The fourth-order valence-electron chi connectivity index (χ4n) is 5.06. The van der Waals surface area contributed by atoms with E-state index in [1.165, 1.54) is 37.3 Å². The van der Waals surface area contributed by atoms with E-state index < -0.39 is 0 Å². The zero-order valence-corrected chi connectivity index (χ0v) is 33.7. The maximum absolute atomic E-state index is 9.84. The fourth-order valence-corrected chi connectivity index (χ4v) is 5.06. The van der Waals surface area contributed by atoms with Crippen LogP contribution in [0, 0.1) is 0 Å². The van der Waals surface area contributed by atoms with Crippen LogP contribution in [0.15, 0.2) is 54.6 Å². The van der Waals surface area contributed by atoms with E-state index in [0.29, 0.717) is 5.75 Å². The highest BCUT2D eigenvalue weighted by atomic mass is 31.0. The molecule has 4 heteroatoms. The monoisotopic (exact) mass is 650 g/mol. The number of hydrogen-bond donors (Lipinski definition) is 2. The maximum atomic E-state index is 9.84. The molecule has 0 fully saturated rings. The van der Waals surface area contributed by atoms with Crippen molar-refractivity contribution in [1.29, 1.82) is 0 Å². The smallest absolute Gasteiger partial charge is 0.131 e. The lowest BCUT2D eigenvalue weighted by Crippen LogP contribution is -2.19. The van der Waals surface area contributed by atoms with E-state index in [4.69, 9.17) is 9.63 Å². The van der Waals surface area contributed by atoms with E-state index in [9.17, 15) is 5.11 Å². The van der Waals surface area contributed by atoms with Gasteiger partial charge in [-0.2, -0.15) is 0 Å². The molecule has 3 rings (SSSR count). The lowest BCUT2D eigenvalue weighted by molar-refractivity contribution is 0.433. The molecular formula is C42H67O3P. The van der Waals surface area contributed by atoms with Crippen LogP contribution < -0.4 is 4.74 Å². The van der Waals surface area contributed by atoms with Gasteiger partial charge in [-0.15, -0.1) is 0 Å². The van der Waals surface area contributed by atoms with E-state index in [1.54, 1.807) is 6.07 Å². The Morgan fingerprint density at radius 1 is 0.391 bits per heavy atom. The van der Waals surface area contributed by atoms with Crippen LogP contribution in [0.5, 0.6) is 17.2 Å². The van der Waals surface area contributed by atoms with Gasteiger partial charge in [0.15, 0.2) is 0 Å². The van der Waals surface area contributed by atoms with Crippen molar-refractivity contribution in [2.45, 2.75) is 157 Å². The minimum absolute atomic E-state index is 0.00381. The molecule has 3 nitrogen and oxygen atoms in total. The zero-order valence-electron chi connectivity index (χ0n) is 32.6. The van der Waals surface area contributed by atoms with Crippen LogP contribution in [0.1, 0.15) is 158 Å². The normalized spacial score (nSPS) is 12.9. The molecule has 0 aliphatic carbocycles. The number of rotatable bonds is 2. The molecular weight excluding hydrogens is 583 g/mol. The van der Waals surface area contributed by atoms with Gasteiger partial charge in [-0.05, 0) is 82.4 Å². The van der Waals surface area contributed by atoms with E-state index in [2.05, 4.69) is 167 Å². The molecule has 0 bridgehead atoms. The standard InChI is InChI=1S/C28H42O.C14H22O.H3OP/c1-25(2,3)19-13-15-23(21(17-19)27(7,8)9)29-24-16-14-20(26(4,5)6)18-22(24)28(10,11)12;1-13(2,3)10-7-8-12(15)11(9-10)14(4,5)6;1-2/h13-18H,1-12H3;7-9,15H,1-6H3;1H,2H2. The molecule has 3 aromatic rings. The lowest BCUT2D eigenvalue weighted by atomic mass is 9.79. The van der Waals surface area contributed by atoms with Crippen molar-refractivity contribution in [3.63, 3.8) is 0 Å². The van der Waals surface area contributed by atoms with Crippen molar-refractivity contribution < 1.29 is 14.7 Å². The van der Waals surface area contributed by atoms with Crippen LogP contribution in [-0.4, -0.2) is 10.00 Å². The van der Waals surface area contributed by atoms with Crippen molar-refractivity contribution in [1.82, 2.24) is 0 Å². The van der Waals surface area contributed by atoms with Gasteiger partial charge in [0, 0.05) is 11.1 Å². The Morgan fingerprint density at radius 3 is 0.913 bits per heavy atom. The highest BCUT2D eigenvalue weighted by Crippen LogP contribution is 2.42. The summed E-state index contributed by atoms with van der Waals surface area (Å²) in [7, 11) is 1.42. The minimum atomic E-state index is -0.00859. The van der Waals surface area contributed by atoms with Gasteiger partial charge in [0.05, 0.1) is 0 Å². The third-order valence-corrected chi connectivity index (χ3v) is 8.20. The highest BCUT2D eigenvalue weighted by molar-refractivity contribution is 7.08. The first-order valence-electron chi connectivity index (χ1n) is 16.6. The SMILES string of the molecule is CC(C)(C)c1ccc(O)c(C(C)(C)C)c1.CC(C)(C)c1ccc(Oc2ccc(C(C)(C)C)cc2C(C)(C)C)c(C(C)(C)C)c1.OP. The van der Waals surface area contributed by atoms with Crippen LogP contribution in [0.25, 0.3) is 0 Å². The Balaban J connectivity index is 0.000000522. The Morgan fingerprint density at radius 2 is 0.652 bits per heavy atom. The fraction of sp³-hybridized carbons (Fsp3) is 0.571. The number of aromatic hydroxyl groups is 1. The number of phenols is 1. The summed E-state index contributed by atoms with van der Waals surface area (Å²) in [6.07, 6.45) is 0. The number of phenolic OH excluding ortho intramolecular Hbond substituents is 1. The van der Waals surface area contributed by atoms with Crippen molar-refractivity contribution in [3.05, 3.63) is 88.0 Å². The molecule has 1 unspecified atom stereocenters. The molecule has 0 saturated carbocycles. The third kappa shape index (κ3) is 11.7. The summed E-state index contributed by atoms with van der Waals surface area (Å²) in [5, 5.41) is 9.84. The van der Waals surface area contributed by atoms with Gasteiger partial charge in [0.2, 0.25) is 0 Å². The van der Waals surface area contributed by atoms with Crippen molar-refractivity contribution in [2.75, 3.05) is 0 Å². The van der Waals surface area contributed by atoms with E-state index in [0.717, 1.165) is 17.1 Å². The molecule has 1 atom stereocenters. The minimum Gasteiger partial charge on any atom is -0.508 e. The molecule has 2 N–H and O–H groups in total. The summed E-state index contributed by atoms with van der Waals surface area (Å²) in [5.74, 6) is 2.31. The van der Waals surface area contributed by atoms with E-state index in [-0.39, 0.29) is 32.5 Å². The lowest BCUT2D eigenvalue weighted by Gasteiger charge is -2.30. The van der Waals surface area contributed by atoms with Crippen molar-refractivity contribution in [2.24, 2.45) is 0 Å². The number of hydrogen-bond acceptors (Lipinski definition) is 3. The second kappa shape index (κ2) is 14.8. The first kappa shape index (κ1) is 41.7. The largest absolute Gasteiger partial charge is 0.508 e. The Labute approximate surface area is 285 Å². The van der Waals surface area contributed by atoms with Crippen LogP contribution in [0.4, 0.5) is 0 Å². The summed E-state index contributed by atoms with van der Waals surface area (Å²) in [4.78, 5) is 6.92. The molecule has 3 aromatic carbocycles. The van der Waals surface area contributed by atoms with Crippen LogP contribution in [0.2, 0.25) is 0 Å². The summed E-state index contributed by atoms with van der Waals surface area (Å²) in [6, 6.07) is 19.3.